The van der Waals surface area contributed by atoms with E-state index >= 15 is 0 Å². The summed E-state index contributed by atoms with van der Waals surface area (Å²) in [6, 6.07) is 18.9. The molecular formula is C17H21NO. The first-order chi connectivity index (χ1) is 9.38. The fourth-order valence-electron chi connectivity index (χ4n) is 2.03. The minimum atomic E-state index is 0.917. The minimum absolute atomic E-state index is 0.917. The summed E-state index contributed by atoms with van der Waals surface area (Å²) in [5.41, 5.74) is 2.73. The molecule has 19 heavy (non-hydrogen) atoms. The fourth-order valence-corrected chi connectivity index (χ4v) is 2.03. The summed E-state index contributed by atoms with van der Waals surface area (Å²) in [7, 11) is 1.69. The largest absolute Gasteiger partial charge is 0.497 e. The second-order valence-electron chi connectivity index (χ2n) is 4.58. The molecule has 0 heterocycles. The van der Waals surface area contributed by atoms with Crippen LogP contribution in [0.2, 0.25) is 0 Å². The van der Waals surface area contributed by atoms with Gasteiger partial charge in [-0.3, -0.25) is 0 Å². The Labute approximate surface area is 115 Å². The maximum Gasteiger partial charge on any atom is 0.118 e. The molecule has 0 unspecified atom stereocenters. The molecule has 0 amide bonds. The Kier molecular flexibility index (Phi) is 5.45. The lowest BCUT2D eigenvalue weighted by Crippen LogP contribution is -2.20. The number of rotatable bonds is 7. The predicted octanol–water partition coefficient (Wildman–Crippen LogP) is 3.07. The molecule has 0 bridgehead atoms. The zero-order valence-electron chi connectivity index (χ0n) is 11.4. The van der Waals surface area contributed by atoms with E-state index in [0.717, 1.165) is 31.7 Å². The third-order valence-corrected chi connectivity index (χ3v) is 3.18. The smallest absolute Gasteiger partial charge is 0.118 e. The van der Waals surface area contributed by atoms with Crippen molar-refractivity contribution in [3.8, 4) is 5.75 Å². The third kappa shape index (κ3) is 4.76. The number of hydrogen-bond acceptors (Lipinski definition) is 2. The van der Waals surface area contributed by atoms with Gasteiger partial charge in [-0.05, 0) is 49.2 Å². The van der Waals surface area contributed by atoms with Crippen LogP contribution in [-0.4, -0.2) is 20.2 Å². The van der Waals surface area contributed by atoms with E-state index in [-0.39, 0.29) is 0 Å². The van der Waals surface area contributed by atoms with Gasteiger partial charge in [-0.1, -0.05) is 42.5 Å². The van der Waals surface area contributed by atoms with Crippen LogP contribution in [0.25, 0.3) is 0 Å². The van der Waals surface area contributed by atoms with E-state index in [1.54, 1.807) is 7.11 Å². The van der Waals surface area contributed by atoms with Gasteiger partial charge in [0.2, 0.25) is 0 Å². The van der Waals surface area contributed by atoms with Gasteiger partial charge in [0.25, 0.3) is 0 Å². The molecular weight excluding hydrogens is 234 g/mol. The minimum Gasteiger partial charge on any atom is -0.497 e. The van der Waals surface area contributed by atoms with Gasteiger partial charge in [0.05, 0.1) is 7.11 Å². The van der Waals surface area contributed by atoms with Crippen LogP contribution in [0.5, 0.6) is 5.75 Å². The van der Waals surface area contributed by atoms with E-state index in [1.165, 1.54) is 11.1 Å². The van der Waals surface area contributed by atoms with Gasteiger partial charge < -0.3 is 10.1 Å². The molecule has 2 aromatic carbocycles. The van der Waals surface area contributed by atoms with Gasteiger partial charge in [-0.2, -0.15) is 0 Å². The quantitative estimate of drug-likeness (QED) is 0.768. The normalized spacial score (nSPS) is 10.4. The third-order valence-electron chi connectivity index (χ3n) is 3.18. The second kappa shape index (κ2) is 7.59. The van der Waals surface area contributed by atoms with Crippen molar-refractivity contribution < 1.29 is 4.74 Å². The molecule has 0 saturated carbocycles. The lowest BCUT2D eigenvalue weighted by Gasteiger charge is -2.06. The summed E-state index contributed by atoms with van der Waals surface area (Å²) in [5, 5.41) is 3.48. The molecule has 0 aliphatic rings. The summed E-state index contributed by atoms with van der Waals surface area (Å²) in [6.07, 6.45) is 2.14. The van der Waals surface area contributed by atoms with Crippen molar-refractivity contribution in [1.29, 1.82) is 0 Å². The van der Waals surface area contributed by atoms with Crippen LogP contribution in [0.1, 0.15) is 11.1 Å². The Bertz CT molecular complexity index is 464. The molecule has 0 aliphatic heterocycles. The summed E-state index contributed by atoms with van der Waals surface area (Å²) >= 11 is 0. The molecule has 2 rings (SSSR count). The molecule has 0 fully saturated rings. The Morgan fingerprint density at radius 3 is 1.95 bits per heavy atom. The monoisotopic (exact) mass is 255 g/mol. The number of ether oxygens (including phenoxy) is 1. The average Bonchev–Trinajstić information content (AvgIpc) is 2.49. The number of hydrogen-bond donors (Lipinski definition) is 1. The van der Waals surface area contributed by atoms with E-state index < -0.39 is 0 Å². The van der Waals surface area contributed by atoms with Gasteiger partial charge >= 0.3 is 0 Å². The standard InChI is InChI=1S/C17H21NO/c1-19-17-9-7-16(8-10-17)12-14-18-13-11-15-5-3-2-4-6-15/h2-10,18H,11-14H2,1H3. The first-order valence-electron chi connectivity index (χ1n) is 6.76. The zero-order valence-corrected chi connectivity index (χ0v) is 11.4. The molecule has 2 aromatic rings. The van der Waals surface area contributed by atoms with Gasteiger partial charge in [0, 0.05) is 0 Å². The molecule has 0 aromatic heterocycles. The van der Waals surface area contributed by atoms with Crippen molar-refractivity contribution >= 4 is 0 Å². The second-order valence-corrected chi connectivity index (χ2v) is 4.58. The zero-order chi connectivity index (χ0) is 13.3. The first kappa shape index (κ1) is 13.6. The van der Waals surface area contributed by atoms with Gasteiger partial charge in [0.1, 0.15) is 5.75 Å². The van der Waals surface area contributed by atoms with Crippen molar-refractivity contribution in [2.45, 2.75) is 12.8 Å². The number of benzene rings is 2. The molecule has 0 spiro atoms. The van der Waals surface area contributed by atoms with Gasteiger partial charge in [-0.15, -0.1) is 0 Å². The highest BCUT2D eigenvalue weighted by atomic mass is 16.5. The Morgan fingerprint density at radius 1 is 0.789 bits per heavy atom. The van der Waals surface area contributed by atoms with Crippen LogP contribution in [-0.2, 0) is 12.8 Å². The number of methoxy groups -OCH3 is 1. The van der Waals surface area contributed by atoms with E-state index in [1.807, 2.05) is 12.1 Å². The molecule has 100 valence electrons. The summed E-state index contributed by atoms with van der Waals surface area (Å²) in [5.74, 6) is 0.917. The SMILES string of the molecule is COc1ccc(CCNCCc2ccccc2)cc1. The van der Waals surface area contributed by atoms with E-state index in [2.05, 4.69) is 47.8 Å². The van der Waals surface area contributed by atoms with Crippen molar-refractivity contribution in [2.24, 2.45) is 0 Å². The Balaban J connectivity index is 1.63. The topological polar surface area (TPSA) is 21.3 Å². The van der Waals surface area contributed by atoms with E-state index in [4.69, 9.17) is 4.74 Å². The maximum atomic E-state index is 5.15. The first-order valence-corrected chi connectivity index (χ1v) is 6.76. The van der Waals surface area contributed by atoms with Crippen LogP contribution in [0.15, 0.2) is 54.6 Å². The molecule has 0 atom stereocenters. The molecule has 2 nitrogen and oxygen atoms in total. The highest BCUT2D eigenvalue weighted by Gasteiger charge is 1.95. The molecule has 2 heteroatoms. The summed E-state index contributed by atoms with van der Waals surface area (Å²) in [6.45, 7) is 2.04. The lowest BCUT2D eigenvalue weighted by atomic mass is 10.1. The predicted molar refractivity (Wildman–Crippen MR) is 79.7 cm³/mol. The van der Waals surface area contributed by atoms with E-state index in [0.29, 0.717) is 0 Å². The van der Waals surface area contributed by atoms with Crippen molar-refractivity contribution in [2.75, 3.05) is 20.2 Å². The average molecular weight is 255 g/mol. The Hall–Kier alpha value is -1.80. The molecule has 0 radical (unpaired) electrons. The fraction of sp³-hybridized carbons (Fsp3) is 0.294. The van der Waals surface area contributed by atoms with E-state index in [9.17, 15) is 0 Å². The highest BCUT2D eigenvalue weighted by molar-refractivity contribution is 5.27. The van der Waals surface area contributed by atoms with Crippen LogP contribution in [0, 0.1) is 0 Å². The van der Waals surface area contributed by atoms with Crippen molar-refractivity contribution in [3.63, 3.8) is 0 Å². The van der Waals surface area contributed by atoms with Crippen LogP contribution >= 0.6 is 0 Å². The van der Waals surface area contributed by atoms with Gasteiger partial charge in [-0.25, -0.2) is 0 Å². The van der Waals surface area contributed by atoms with Gasteiger partial charge in [0.15, 0.2) is 0 Å². The highest BCUT2D eigenvalue weighted by Crippen LogP contribution is 2.11. The maximum absolute atomic E-state index is 5.15. The van der Waals surface area contributed by atoms with Crippen molar-refractivity contribution in [3.05, 3.63) is 65.7 Å². The number of nitrogens with one attached hydrogen (secondary N) is 1. The molecule has 0 saturated heterocycles. The Morgan fingerprint density at radius 2 is 1.37 bits per heavy atom. The molecule has 1 N–H and O–H groups in total. The van der Waals surface area contributed by atoms with Crippen LogP contribution in [0.3, 0.4) is 0 Å². The lowest BCUT2D eigenvalue weighted by molar-refractivity contribution is 0.414. The van der Waals surface area contributed by atoms with Crippen LogP contribution < -0.4 is 10.1 Å². The summed E-state index contributed by atoms with van der Waals surface area (Å²) < 4.78 is 5.15. The molecule has 0 aliphatic carbocycles. The summed E-state index contributed by atoms with van der Waals surface area (Å²) in [4.78, 5) is 0. The van der Waals surface area contributed by atoms with Crippen molar-refractivity contribution in [1.82, 2.24) is 5.32 Å². The van der Waals surface area contributed by atoms with Crippen LogP contribution in [0.4, 0.5) is 0 Å².